The lowest BCUT2D eigenvalue weighted by Crippen LogP contribution is -2.19. The number of nitrogens with one attached hydrogen (secondary N) is 2. The zero-order valence-electron chi connectivity index (χ0n) is 58.2. The summed E-state index contributed by atoms with van der Waals surface area (Å²) in [6.07, 6.45) is 10.4. The number of aliphatic hydroxyl groups excluding tert-OH is 2. The second kappa shape index (κ2) is 35.8. The summed E-state index contributed by atoms with van der Waals surface area (Å²) in [7, 11) is 0. The lowest BCUT2D eigenvalue weighted by molar-refractivity contribution is -0.116. The highest BCUT2D eigenvalue weighted by molar-refractivity contribution is 8.93. The zero-order valence-corrected chi connectivity index (χ0v) is 59.9. The third-order valence-corrected chi connectivity index (χ3v) is 17.1. The number of H-pyrrole nitrogens is 2. The predicted molar refractivity (Wildman–Crippen MR) is 404 cm³/mol. The molecule has 16 N–H and O–H groups in total. The van der Waals surface area contributed by atoms with Crippen molar-refractivity contribution in [1.29, 1.82) is 0 Å². The van der Waals surface area contributed by atoms with E-state index in [0.717, 1.165) is 67.7 Å². The van der Waals surface area contributed by atoms with Gasteiger partial charge >= 0.3 is 17.9 Å². The molecule has 1 aliphatic heterocycles. The smallest absolute Gasteiger partial charge is 0.371 e. The Bertz CT molecular complexity index is 5050. The van der Waals surface area contributed by atoms with Crippen LogP contribution < -0.4 is 33.3 Å². The Labute approximate surface area is 620 Å². The van der Waals surface area contributed by atoms with E-state index in [1.165, 1.54) is 109 Å². The number of carboxylic acids is 3. The lowest BCUT2D eigenvalue weighted by atomic mass is 10.1. The molecular formula is C76H78BrN13O17. The summed E-state index contributed by atoms with van der Waals surface area (Å²) in [5, 5.41) is 101. The summed E-state index contributed by atoms with van der Waals surface area (Å²) < 4.78 is 18.5. The standard InChI is InChI=1S/2C24H20N4O5.C13H14N2O.C11H9NO4.2C2H7NO.BrH/c2*1-13-21(23(30)28(27-13)16-9-8-14-4-2-5-15(14)12-16)26-25-18-7-3-6-17(22(18)29)19-10-11-20(33-19)24(31)32;1-9-7-13(16)15(14-9)12-6-5-10-3-2-4-11(10)8-12;12-7-3-1-2-6(10(7)13)8-4-5-9(16-8)11(14)15;2*3-1-2-4;/h2*3,6-12,27,29H,2,4-5H2,1H3,(H,31,32);5-6,8H,2-4,7H2,1H3;1-5,13H,12H2,(H,14,15);2*4H,1-3H2;1H. The van der Waals surface area contributed by atoms with Gasteiger partial charge in [0.05, 0.1) is 70.5 Å². The largest absolute Gasteiger partial charge is 0.505 e. The van der Waals surface area contributed by atoms with Crippen molar-refractivity contribution >= 4 is 80.6 Å². The third kappa shape index (κ3) is 18.5. The number of anilines is 2. The lowest BCUT2D eigenvalue weighted by Gasteiger charge is -2.13. The molecule has 3 aliphatic carbocycles. The summed E-state index contributed by atoms with van der Waals surface area (Å²) in [5.41, 5.74) is 28.3. The number of phenolic OH excluding ortho intramolecular Hbond substituents is 3. The van der Waals surface area contributed by atoms with E-state index in [9.17, 15) is 44.1 Å². The van der Waals surface area contributed by atoms with Gasteiger partial charge in [0.25, 0.3) is 17.0 Å². The number of carbonyl (C=O) groups excluding carboxylic acids is 1. The number of nitrogen functional groups attached to an aromatic ring is 1. The van der Waals surface area contributed by atoms with Crippen LogP contribution in [0.1, 0.15) is 109 Å². The van der Waals surface area contributed by atoms with Gasteiger partial charge in [0.1, 0.15) is 34.4 Å². The first-order valence-corrected chi connectivity index (χ1v) is 33.5. The predicted octanol–water partition coefficient (Wildman–Crippen LogP) is 12.8. The minimum Gasteiger partial charge on any atom is -0.505 e. The van der Waals surface area contributed by atoms with Crippen LogP contribution in [0.5, 0.6) is 17.2 Å². The molecule has 0 fully saturated rings. The average Bonchev–Trinajstić information content (AvgIpc) is 1.65. The number of benzene rings is 6. The average molecular weight is 1530 g/mol. The number of hydrogen-bond acceptors (Lipinski definition) is 22. The number of aliphatic hydroxyl groups is 2. The maximum absolute atomic E-state index is 13.0. The number of hydrogen-bond donors (Lipinski definition) is 13. The van der Waals surface area contributed by atoms with Crippen LogP contribution in [-0.2, 0) is 43.3 Å². The van der Waals surface area contributed by atoms with E-state index in [1.807, 2.05) is 37.3 Å². The number of aromatic carboxylic acids is 3. The van der Waals surface area contributed by atoms with Crippen LogP contribution in [0.15, 0.2) is 194 Å². The molecule has 1 amide bonds. The van der Waals surface area contributed by atoms with Gasteiger partial charge in [-0.2, -0.15) is 5.10 Å². The van der Waals surface area contributed by atoms with Crippen molar-refractivity contribution in [3.8, 4) is 62.6 Å². The molecule has 0 spiro atoms. The summed E-state index contributed by atoms with van der Waals surface area (Å²) >= 11 is 0. The molecule has 5 aromatic heterocycles. The molecule has 15 rings (SSSR count). The molecule has 0 radical (unpaired) electrons. The van der Waals surface area contributed by atoms with Crippen molar-refractivity contribution in [3.05, 3.63) is 228 Å². The number of rotatable bonds is 15. The summed E-state index contributed by atoms with van der Waals surface area (Å²) in [6, 6.07) is 40.7. The molecule has 4 aliphatic rings. The van der Waals surface area contributed by atoms with E-state index in [4.69, 9.17) is 56.0 Å². The fourth-order valence-corrected chi connectivity index (χ4v) is 11.9. The van der Waals surface area contributed by atoms with Crippen molar-refractivity contribution in [1.82, 2.24) is 19.6 Å². The number of aryl methyl sites for hydroxylation is 8. The SMILES string of the molecule is Br.CC1=NN(c2ccc3c(c2)CCC3)C(=O)C1.Cc1[nH]n(-c2ccc3c(c2)CCC3)c(=O)c1N=Nc1cccc(-c2ccc(C(=O)O)o2)c1O.Cc1[nH]n(-c2ccc3c(c2)CCC3)c(=O)c1N=Nc1cccc(-c2ccc(C(=O)O)o2)c1O.NCCO.NCCO.Nc1cccc(-c2ccc(C(=O)O)o2)c1O. The van der Waals surface area contributed by atoms with Crippen LogP contribution in [-0.4, -0.2) is 116 Å². The third-order valence-electron chi connectivity index (χ3n) is 17.1. The number of carboxylic acid groups (broad SMARTS) is 3. The molecule has 31 heteroatoms. The topological polar surface area (TPSA) is 488 Å². The van der Waals surface area contributed by atoms with Crippen LogP contribution in [0.4, 0.5) is 34.1 Å². The Morgan fingerprint density at radius 3 is 1.17 bits per heavy atom. The van der Waals surface area contributed by atoms with Gasteiger partial charge in [-0.05, 0) is 221 Å². The highest BCUT2D eigenvalue weighted by Gasteiger charge is 2.26. The first-order chi connectivity index (χ1) is 51.0. The second-order valence-electron chi connectivity index (χ2n) is 24.5. The fourth-order valence-electron chi connectivity index (χ4n) is 11.9. The Morgan fingerprint density at radius 1 is 0.477 bits per heavy atom. The number of aromatic nitrogens is 4. The van der Waals surface area contributed by atoms with Crippen LogP contribution in [0.25, 0.3) is 45.3 Å². The van der Waals surface area contributed by atoms with E-state index in [-0.39, 0.29) is 139 Å². The van der Waals surface area contributed by atoms with Crippen LogP contribution in [0.3, 0.4) is 0 Å². The highest BCUT2D eigenvalue weighted by Crippen LogP contribution is 2.41. The van der Waals surface area contributed by atoms with Crippen molar-refractivity contribution < 1.29 is 73.3 Å². The summed E-state index contributed by atoms with van der Waals surface area (Å²) in [6.45, 7) is 6.30. The molecule has 107 heavy (non-hydrogen) atoms. The number of hydrazone groups is 1. The molecule has 0 saturated heterocycles. The summed E-state index contributed by atoms with van der Waals surface area (Å²) in [4.78, 5) is 70.4. The van der Waals surface area contributed by atoms with E-state index in [0.29, 0.717) is 36.5 Å². The van der Waals surface area contributed by atoms with Crippen molar-refractivity contribution in [2.75, 3.05) is 37.0 Å². The molecule has 30 nitrogen and oxygen atoms in total. The molecule has 0 atom stereocenters. The normalized spacial score (nSPS) is 12.9. The molecule has 0 unspecified atom stereocenters. The number of phenols is 3. The minimum absolute atomic E-state index is 0. The first kappa shape index (κ1) is 78.6. The van der Waals surface area contributed by atoms with Gasteiger partial charge in [0, 0.05) is 18.8 Å². The van der Waals surface area contributed by atoms with Gasteiger partial charge < -0.3 is 71.3 Å². The number of para-hydroxylation sites is 3. The number of nitrogens with two attached hydrogens (primary N) is 3. The van der Waals surface area contributed by atoms with Gasteiger partial charge in [-0.25, -0.2) is 28.8 Å². The van der Waals surface area contributed by atoms with E-state index in [2.05, 4.69) is 60.0 Å². The van der Waals surface area contributed by atoms with Crippen LogP contribution >= 0.6 is 17.0 Å². The number of aromatic hydroxyl groups is 3. The highest BCUT2D eigenvalue weighted by atomic mass is 79.9. The van der Waals surface area contributed by atoms with E-state index in [1.54, 1.807) is 56.3 Å². The van der Waals surface area contributed by atoms with Crippen molar-refractivity contribution in [2.45, 2.75) is 85.0 Å². The molecule has 6 heterocycles. The number of aromatic amines is 2. The van der Waals surface area contributed by atoms with Gasteiger partial charge in [0.15, 0.2) is 22.9 Å². The number of fused-ring (bicyclic) bond motifs is 3. The fraction of sp³-hybridized carbons (Fsp3) is 0.224. The van der Waals surface area contributed by atoms with E-state index >= 15 is 0 Å². The molecule has 0 bridgehead atoms. The van der Waals surface area contributed by atoms with E-state index < -0.39 is 17.9 Å². The van der Waals surface area contributed by atoms with Crippen molar-refractivity contribution in [3.63, 3.8) is 0 Å². The number of nitrogens with zero attached hydrogens (tertiary/aromatic N) is 8. The molecule has 6 aromatic carbocycles. The van der Waals surface area contributed by atoms with Crippen molar-refractivity contribution in [2.24, 2.45) is 37.0 Å². The molecular weight excluding hydrogens is 1450 g/mol. The van der Waals surface area contributed by atoms with Gasteiger partial charge in [-0.15, -0.1) is 37.4 Å². The molecule has 0 saturated carbocycles. The van der Waals surface area contributed by atoms with Gasteiger partial charge in [-0.3, -0.25) is 24.6 Å². The number of amides is 1. The van der Waals surface area contributed by atoms with Gasteiger partial charge in [0.2, 0.25) is 17.3 Å². The Balaban J connectivity index is 0.000000166. The molecule has 11 aromatic rings. The van der Waals surface area contributed by atoms with Crippen LogP contribution in [0, 0.1) is 13.8 Å². The molecule has 556 valence electrons. The quantitative estimate of drug-likeness (QED) is 0.0257. The maximum Gasteiger partial charge on any atom is 0.371 e. The number of carbonyl (C=O) groups is 4. The minimum atomic E-state index is -1.21. The van der Waals surface area contributed by atoms with Crippen LogP contribution in [0.2, 0.25) is 0 Å². The van der Waals surface area contributed by atoms with Gasteiger partial charge in [-0.1, -0.05) is 36.4 Å². The Morgan fingerprint density at radius 2 is 0.822 bits per heavy atom. The summed E-state index contributed by atoms with van der Waals surface area (Å²) in [5.74, 6) is -4.13. The number of halogens is 1. The number of azo groups is 2. The monoisotopic (exact) mass is 1520 g/mol. The first-order valence-electron chi connectivity index (χ1n) is 33.5. The second-order valence-corrected chi connectivity index (χ2v) is 24.5. The Hall–Kier alpha value is -12.6. The zero-order chi connectivity index (χ0) is 75.9. The Kier molecular flexibility index (Phi) is 26.3. The maximum atomic E-state index is 13.0. The number of furan rings is 3.